The molecular weight excluding hydrogens is 268 g/mol. The summed E-state index contributed by atoms with van der Waals surface area (Å²) in [6.45, 7) is 6.27. The topological polar surface area (TPSA) is 85.5 Å². The molecule has 2 aliphatic heterocycles. The molecule has 0 aromatic rings. The van der Waals surface area contributed by atoms with Gasteiger partial charge in [0.2, 0.25) is 0 Å². The lowest BCUT2D eigenvalue weighted by atomic mass is 9.95. The molecule has 3 N–H and O–H groups in total. The maximum Gasteiger partial charge on any atom is 0.162 e. The van der Waals surface area contributed by atoms with Crippen LogP contribution in [0.4, 0.5) is 0 Å². The van der Waals surface area contributed by atoms with Gasteiger partial charge < -0.3 is 25.0 Å². The van der Waals surface area contributed by atoms with E-state index in [9.17, 15) is 15.3 Å². The van der Waals surface area contributed by atoms with Crippen molar-refractivity contribution in [3.8, 4) is 0 Å². The molecule has 0 unspecified atom stereocenters. The Morgan fingerprint density at radius 1 is 1.53 bits per heavy atom. The second-order valence-electron chi connectivity index (χ2n) is 4.71. The zero-order valence-corrected chi connectivity index (χ0v) is 11.8. The van der Waals surface area contributed by atoms with E-state index in [1.54, 1.807) is 0 Å². The highest BCUT2D eigenvalue weighted by molar-refractivity contribution is 8.14. The van der Waals surface area contributed by atoms with Crippen LogP contribution in [-0.4, -0.2) is 74.9 Å². The predicted molar refractivity (Wildman–Crippen MR) is 74.0 cm³/mol. The van der Waals surface area contributed by atoms with Gasteiger partial charge in [-0.25, -0.2) is 0 Å². The van der Waals surface area contributed by atoms with Gasteiger partial charge in [-0.3, -0.25) is 4.99 Å². The first-order valence-corrected chi connectivity index (χ1v) is 7.15. The van der Waals surface area contributed by atoms with Crippen LogP contribution in [0, 0.1) is 0 Å². The van der Waals surface area contributed by atoms with Gasteiger partial charge in [-0.2, -0.15) is 0 Å². The van der Waals surface area contributed by atoms with Gasteiger partial charge in [-0.1, -0.05) is 17.8 Å². The molecular formula is C12H20N2O4S. The van der Waals surface area contributed by atoms with E-state index in [2.05, 4.69) is 11.6 Å². The van der Waals surface area contributed by atoms with Crippen LogP contribution in [0.25, 0.3) is 0 Å². The van der Waals surface area contributed by atoms with Crippen LogP contribution in [0.15, 0.2) is 17.6 Å². The maximum atomic E-state index is 10.1. The number of ether oxygens (including phenoxy) is 1. The third-order valence-corrected chi connectivity index (χ3v) is 4.72. The SMILES string of the molecule is C=C[C@@H](O)[C@@H]1O[C@@H]2SC(N(C)CC)=N[C@@H]2[C@@H](O)[C@@H]1O. The smallest absolute Gasteiger partial charge is 0.162 e. The number of aliphatic hydroxyl groups is 3. The number of amidine groups is 1. The number of hydrogen-bond acceptors (Lipinski definition) is 7. The molecule has 1 fully saturated rings. The number of thioether (sulfide) groups is 1. The summed E-state index contributed by atoms with van der Waals surface area (Å²) < 4.78 is 5.66. The predicted octanol–water partition coefficient (Wildman–Crippen LogP) is -0.597. The van der Waals surface area contributed by atoms with Crippen LogP contribution >= 0.6 is 11.8 Å². The molecule has 2 heterocycles. The standard InChI is InChI=1S/C12H20N2O4S/c1-4-6(15)10-9(17)8(16)7-11(18-10)19-12(13-7)14(3)5-2/h4,6-11,15-17H,1,5H2,2-3H3/t6-,7-,8-,9+,10+,11-/m1/s1. The van der Waals surface area contributed by atoms with E-state index in [4.69, 9.17) is 4.74 Å². The quantitative estimate of drug-likeness (QED) is 0.602. The Hall–Kier alpha value is -0.600. The summed E-state index contributed by atoms with van der Waals surface area (Å²) in [6, 6.07) is -0.503. The largest absolute Gasteiger partial charge is 0.388 e. The van der Waals surface area contributed by atoms with E-state index >= 15 is 0 Å². The van der Waals surface area contributed by atoms with E-state index in [0.717, 1.165) is 11.7 Å². The van der Waals surface area contributed by atoms with Crippen molar-refractivity contribution >= 4 is 16.9 Å². The average Bonchev–Trinajstić information content (AvgIpc) is 2.85. The Balaban J connectivity index is 2.14. The molecule has 0 amide bonds. The second kappa shape index (κ2) is 5.80. The fourth-order valence-corrected chi connectivity index (χ4v) is 3.35. The molecule has 0 spiro atoms. The first-order valence-electron chi connectivity index (χ1n) is 6.27. The van der Waals surface area contributed by atoms with Crippen LogP contribution < -0.4 is 0 Å². The lowest BCUT2D eigenvalue weighted by Gasteiger charge is -2.39. The summed E-state index contributed by atoms with van der Waals surface area (Å²) in [5.41, 5.74) is -0.387. The average molecular weight is 288 g/mol. The van der Waals surface area contributed by atoms with Crippen molar-refractivity contribution in [3.05, 3.63) is 12.7 Å². The zero-order valence-electron chi connectivity index (χ0n) is 11.0. The normalized spacial score (nSPS) is 39.4. The monoisotopic (exact) mass is 288 g/mol. The Morgan fingerprint density at radius 3 is 2.79 bits per heavy atom. The Labute approximate surface area is 116 Å². The molecule has 7 heteroatoms. The van der Waals surface area contributed by atoms with E-state index in [1.807, 2.05) is 18.9 Å². The van der Waals surface area contributed by atoms with E-state index < -0.39 is 30.5 Å². The number of fused-ring (bicyclic) bond motifs is 1. The van der Waals surface area contributed by atoms with Crippen molar-refractivity contribution in [2.45, 2.75) is 42.8 Å². The van der Waals surface area contributed by atoms with Crippen molar-refractivity contribution in [2.24, 2.45) is 4.99 Å². The van der Waals surface area contributed by atoms with Gasteiger partial charge >= 0.3 is 0 Å². The highest BCUT2D eigenvalue weighted by atomic mass is 32.2. The van der Waals surface area contributed by atoms with Gasteiger partial charge in [0.1, 0.15) is 35.9 Å². The molecule has 108 valence electrons. The van der Waals surface area contributed by atoms with Crippen LogP contribution in [0.2, 0.25) is 0 Å². The molecule has 6 nitrogen and oxygen atoms in total. The molecule has 19 heavy (non-hydrogen) atoms. The Bertz CT molecular complexity index is 379. The summed E-state index contributed by atoms with van der Waals surface area (Å²) in [5, 5.41) is 30.6. The molecule has 0 aromatic carbocycles. The number of nitrogens with zero attached hydrogens (tertiary/aromatic N) is 2. The lowest BCUT2D eigenvalue weighted by Crippen LogP contribution is -2.57. The third kappa shape index (κ3) is 2.66. The van der Waals surface area contributed by atoms with Gasteiger partial charge in [0, 0.05) is 13.6 Å². The molecule has 6 atom stereocenters. The molecule has 0 saturated carbocycles. The highest BCUT2D eigenvalue weighted by Crippen LogP contribution is 2.37. The fraction of sp³-hybridized carbons (Fsp3) is 0.750. The molecule has 0 radical (unpaired) electrons. The number of hydrogen-bond donors (Lipinski definition) is 3. The van der Waals surface area contributed by atoms with Gasteiger partial charge in [0.15, 0.2) is 5.17 Å². The first-order chi connectivity index (χ1) is 8.99. The van der Waals surface area contributed by atoms with Crippen molar-refractivity contribution in [2.75, 3.05) is 13.6 Å². The highest BCUT2D eigenvalue weighted by Gasteiger charge is 2.50. The van der Waals surface area contributed by atoms with Gasteiger partial charge in [-0.15, -0.1) is 6.58 Å². The molecule has 0 bridgehead atoms. The van der Waals surface area contributed by atoms with Gasteiger partial charge in [0.25, 0.3) is 0 Å². The summed E-state index contributed by atoms with van der Waals surface area (Å²) >= 11 is 1.40. The van der Waals surface area contributed by atoms with Crippen molar-refractivity contribution in [1.29, 1.82) is 0 Å². The van der Waals surface area contributed by atoms with Crippen LogP contribution in [0.5, 0.6) is 0 Å². The Kier molecular flexibility index (Phi) is 4.52. The van der Waals surface area contributed by atoms with Gasteiger partial charge in [-0.05, 0) is 6.92 Å². The summed E-state index contributed by atoms with van der Waals surface area (Å²) in [7, 11) is 1.90. The minimum Gasteiger partial charge on any atom is -0.388 e. The number of rotatable bonds is 3. The maximum absolute atomic E-state index is 10.1. The number of aliphatic hydroxyl groups excluding tert-OH is 3. The summed E-state index contributed by atoms with van der Waals surface area (Å²) in [6.07, 6.45) is -2.82. The first kappa shape index (κ1) is 14.8. The second-order valence-corrected chi connectivity index (χ2v) is 5.78. The van der Waals surface area contributed by atoms with Crippen molar-refractivity contribution in [1.82, 2.24) is 4.90 Å². The fourth-order valence-electron chi connectivity index (χ4n) is 2.11. The zero-order chi connectivity index (χ0) is 14.2. The van der Waals surface area contributed by atoms with Crippen LogP contribution in [-0.2, 0) is 4.74 Å². The molecule has 0 aromatic heterocycles. The van der Waals surface area contributed by atoms with Crippen molar-refractivity contribution in [3.63, 3.8) is 0 Å². The third-order valence-electron chi connectivity index (χ3n) is 3.47. The number of aliphatic imine (C=N–C) groups is 1. The summed E-state index contributed by atoms with van der Waals surface area (Å²) in [5.74, 6) is 0. The molecule has 0 aliphatic carbocycles. The van der Waals surface area contributed by atoms with E-state index in [0.29, 0.717) is 0 Å². The van der Waals surface area contributed by atoms with Crippen molar-refractivity contribution < 1.29 is 20.1 Å². The van der Waals surface area contributed by atoms with E-state index in [-0.39, 0.29) is 5.44 Å². The summed E-state index contributed by atoms with van der Waals surface area (Å²) in [4.78, 5) is 6.34. The van der Waals surface area contributed by atoms with Crippen LogP contribution in [0.1, 0.15) is 6.92 Å². The molecule has 2 rings (SSSR count). The lowest BCUT2D eigenvalue weighted by molar-refractivity contribution is -0.176. The van der Waals surface area contributed by atoms with Gasteiger partial charge in [0.05, 0.1) is 0 Å². The Morgan fingerprint density at radius 2 is 2.21 bits per heavy atom. The van der Waals surface area contributed by atoms with Crippen LogP contribution in [0.3, 0.4) is 0 Å². The minimum absolute atomic E-state index is 0.387. The molecule has 1 saturated heterocycles. The minimum atomic E-state index is -1.18. The molecule has 2 aliphatic rings. The van der Waals surface area contributed by atoms with E-state index in [1.165, 1.54) is 17.8 Å².